The lowest BCUT2D eigenvalue weighted by atomic mass is 9.99. The highest BCUT2D eigenvalue weighted by atomic mass is 19.2. The first kappa shape index (κ1) is 15.5. The normalized spacial score (nSPS) is 11.0. The van der Waals surface area contributed by atoms with E-state index in [9.17, 15) is 8.78 Å². The first-order valence-corrected chi connectivity index (χ1v) is 7.78. The Bertz CT molecular complexity index is 838. The molecule has 3 aromatic carbocycles. The largest absolute Gasteiger partial charge is 0.491 e. The summed E-state index contributed by atoms with van der Waals surface area (Å²) in [5, 5.41) is 0.893. The number of benzene rings is 3. The Morgan fingerprint density at radius 1 is 0.826 bits per heavy atom. The van der Waals surface area contributed by atoms with E-state index in [1.54, 1.807) is 25.1 Å². The van der Waals surface area contributed by atoms with Gasteiger partial charge in [0.15, 0.2) is 11.6 Å². The van der Waals surface area contributed by atoms with E-state index in [1.165, 1.54) is 5.56 Å². The fourth-order valence-electron chi connectivity index (χ4n) is 2.68. The maximum atomic E-state index is 14.3. The van der Waals surface area contributed by atoms with Crippen molar-refractivity contribution in [3.05, 3.63) is 65.7 Å². The van der Waals surface area contributed by atoms with E-state index in [1.807, 2.05) is 18.2 Å². The minimum absolute atomic E-state index is 0.0439. The summed E-state index contributed by atoms with van der Waals surface area (Å²) in [6, 6.07) is 15.0. The zero-order valence-electron chi connectivity index (χ0n) is 13.2. The van der Waals surface area contributed by atoms with Crippen molar-refractivity contribution < 1.29 is 13.5 Å². The maximum absolute atomic E-state index is 14.3. The van der Waals surface area contributed by atoms with Crippen LogP contribution in [0.25, 0.3) is 21.9 Å². The van der Waals surface area contributed by atoms with E-state index in [-0.39, 0.29) is 11.1 Å². The van der Waals surface area contributed by atoms with Crippen molar-refractivity contribution in [3.63, 3.8) is 0 Å². The average molecular weight is 312 g/mol. The molecule has 0 aliphatic carbocycles. The van der Waals surface area contributed by atoms with E-state index < -0.39 is 11.6 Å². The molecule has 0 amide bonds. The van der Waals surface area contributed by atoms with Gasteiger partial charge >= 0.3 is 0 Å². The zero-order chi connectivity index (χ0) is 16.4. The van der Waals surface area contributed by atoms with Crippen LogP contribution in [0.3, 0.4) is 0 Å². The second kappa shape index (κ2) is 6.37. The maximum Gasteiger partial charge on any atom is 0.201 e. The summed E-state index contributed by atoms with van der Waals surface area (Å²) in [4.78, 5) is 0. The lowest BCUT2D eigenvalue weighted by Crippen LogP contribution is -1.98. The summed E-state index contributed by atoms with van der Waals surface area (Å²) >= 11 is 0. The minimum Gasteiger partial charge on any atom is -0.491 e. The number of hydrogen-bond acceptors (Lipinski definition) is 1. The first-order valence-electron chi connectivity index (χ1n) is 7.78. The van der Waals surface area contributed by atoms with Crippen LogP contribution in [0.15, 0.2) is 48.5 Å². The third-order valence-electron chi connectivity index (χ3n) is 3.98. The Labute approximate surface area is 134 Å². The molecule has 0 aromatic heterocycles. The predicted octanol–water partition coefficient (Wildman–Crippen LogP) is 5.75. The van der Waals surface area contributed by atoms with Gasteiger partial charge in [0.2, 0.25) is 5.82 Å². The third-order valence-corrected chi connectivity index (χ3v) is 3.98. The van der Waals surface area contributed by atoms with Crippen LogP contribution in [0.4, 0.5) is 8.78 Å². The van der Waals surface area contributed by atoms with Crippen LogP contribution in [0.2, 0.25) is 0 Å². The number of hydrogen-bond donors (Lipinski definition) is 0. The summed E-state index contributed by atoms with van der Waals surface area (Å²) in [5.41, 5.74) is 3.09. The molecule has 3 aromatic rings. The summed E-state index contributed by atoms with van der Waals surface area (Å²) < 4.78 is 33.5. The summed E-state index contributed by atoms with van der Waals surface area (Å²) in [7, 11) is 0. The highest BCUT2D eigenvalue weighted by molar-refractivity contribution is 5.89. The first-order chi connectivity index (χ1) is 11.1. The van der Waals surface area contributed by atoms with Crippen LogP contribution >= 0.6 is 0 Å². The van der Waals surface area contributed by atoms with Gasteiger partial charge in [-0.25, -0.2) is 4.39 Å². The fraction of sp³-hybridized carbons (Fsp3) is 0.200. The SMILES string of the molecule is CCOc1cc2ccc(-c3ccc(CC)cc3)cc2c(F)c1F. The smallest absolute Gasteiger partial charge is 0.201 e. The second-order valence-corrected chi connectivity index (χ2v) is 5.42. The Morgan fingerprint density at radius 2 is 1.52 bits per heavy atom. The van der Waals surface area contributed by atoms with Gasteiger partial charge in [0.25, 0.3) is 0 Å². The number of rotatable bonds is 4. The van der Waals surface area contributed by atoms with E-state index in [0.29, 0.717) is 12.0 Å². The molecule has 23 heavy (non-hydrogen) atoms. The van der Waals surface area contributed by atoms with Crippen LogP contribution in [0.1, 0.15) is 19.4 Å². The zero-order valence-corrected chi connectivity index (χ0v) is 13.2. The van der Waals surface area contributed by atoms with Gasteiger partial charge in [-0.2, -0.15) is 4.39 Å². The van der Waals surface area contributed by atoms with Crippen molar-refractivity contribution in [2.45, 2.75) is 20.3 Å². The monoisotopic (exact) mass is 312 g/mol. The van der Waals surface area contributed by atoms with E-state index >= 15 is 0 Å². The van der Waals surface area contributed by atoms with Gasteiger partial charge < -0.3 is 4.74 Å². The van der Waals surface area contributed by atoms with Gasteiger partial charge in [-0.05, 0) is 47.6 Å². The molecule has 3 rings (SSSR count). The van der Waals surface area contributed by atoms with Crippen molar-refractivity contribution in [3.8, 4) is 16.9 Å². The molecule has 0 saturated carbocycles. The van der Waals surface area contributed by atoms with Crippen molar-refractivity contribution in [1.29, 1.82) is 0 Å². The summed E-state index contributed by atoms with van der Waals surface area (Å²) in [6.45, 7) is 4.13. The summed E-state index contributed by atoms with van der Waals surface area (Å²) in [6.07, 6.45) is 0.970. The van der Waals surface area contributed by atoms with E-state index in [4.69, 9.17) is 4.74 Å². The minimum atomic E-state index is -0.933. The number of aryl methyl sites for hydroxylation is 1. The fourth-order valence-corrected chi connectivity index (χ4v) is 2.68. The molecule has 118 valence electrons. The predicted molar refractivity (Wildman–Crippen MR) is 89.8 cm³/mol. The molecule has 0 radical (unpaired) electrons. The third kappa shape index (κ3) is 2.91. The molecular formula is C20H18F2O. The van der Waals surface area contributed by atoms with Gasteiger partial charge in [-0.15, -0.1) is 0 Å². The van der Waals surface area contributed by atoms with Crippen molar-refractivity contribution in [2.75, 3.05) is 6.61 Å². The van der Waals surface area contributed by atoms with E-state index in [2.05, 4.69) is 19.1 Å². The van der Waals surface area contributed by atoms with Gasteiger partial charge in [0.1, 0.15) is 0 Å². The van der Waals surface area contributed by atoms with Crippen LogP contribution in [-0.2, 0) is 6.42 Å². The van der Waals surface area contributed by atoms with Gasteiger partial charge in [-0.1, -0.05) is 43.3 Å². The standard InChI is InChI=1S/C20H18F2O/c1-3-13-5-7-14(8-6-13)15-9-10-16-12-18(23-4-2)20(22)19(21)17(16)11-15/h5-12H,3-4H2,1-2H3. The summed E-state index contributed by atoms with van der Waals surface area (Å²) in [5.74, 6) is -1.84. The number of ether oxygens (including phenoxy) is 1. The van der Waals surface area contributed by atoms with Crippen LogP contribution in [-0.4, -0.2) is 6.61 Å². The van der Waals surface area contributed by atoms with Crippen molar-refractivity contribution in [2.24, 2.45) is 0 Å². The molecule has 0 unspecified atom stereocenters. The Kier molecular flexibility index (Phi) is 4.28. The molecule has 0 fully saturated rings. The second-order valence-electron chi connectivity index (χ2n) is 5.42. The molecule has 0 bridgehead atoms. The highest BCUT2D eigenvalue weighted by Gasteiger charge is 2.15. The molecule has 0 spiro atoms. The Morgan fingerprint density at radius 3 is 2.17 bits per heavy atom. The molecule has 0 heterocycles. The van der Waals surface area contributed by atoms with Crippen LogP contribution < -0.4 is 4.74 Å². The molecular weight excluding hydrogens is 294 g/mol. The van der Waals surface area contributed by atoms with Crippen molar-refractivity contribution >= 4 is 10.8 Å². The molecule has 1 nitrogen and oxygen atoms in total. The molecule has 0 N–H and O–H groups in total. The molecule has 0 atom stereocenters. The Balaban J connectivity index is 2.10. The lowest BCUT2D eigenvalue weighted by molar-refractivity contribution is 0.315. The molecule has 3 heteroatoms. The average Bonchev–Trinajstić information content (AvgIpc) is 2.59. The van der Waals surface area contributed by atoms with Gasteiger partial charge in [-0.3, -0.25) is 0 Å². The Hall–Kier alpha value is -2.42. The quantitative estimate of drug-likeness (QED) is 0.596. The van der Waals surface area contributed by atoms with E-state index in [0.717, 1.165) is 17.5 Å². The number of halogens is 2. The van der Waals surface area contributed by atoms with Crippen LogP contribution in [0, 0.1) is 11.6 Å². The highest BCUT2D eigenvalue weighted by Crippen LogP contribution is 2.32. The molecule has 0 aliphatic heterocycles. The molecule has 0 saturated heterocycles. The van der Waals surface area contributed by atoms with Gasteiger partial charge in [0.05, 0.1) is 6.61 Å². The topological polar surface area (TPSA) is 9.23 Å². The van der Waals surface area contributed by atoms with Gasteiger partial charge in [0, 0.05) is 5.39 Å². The molecule has 0 aliphatic rings. The van der Waals surface area contributed by atoms with Crippen LogP contribution in [0.5, 0.6) is 5.75 Å². The van der Waals surface area contributed by atoms with Crippen molar-refractivity contribution in [1.82, 2.24) is 0 Å². The lowest BCUT2D eigenvalue weighted by Gasteiger charge is -2.10. The number of fused-ring (bicyclic) bond motifs is 1.